The van der Waals surface area contributed by atoms with Crippen molar-refractivity contribution >= 4 is 11.9 Å². The maximum absolute atomic E-state index is 11.5. The molecular weight excluding hydrogens is 180 g/mol. The van der Waals surface area contributed by atoms with E-state index in [4.69, 9.17) is 11.1 Å². The van der Waals surface area contributed by atoms with Crippen molar-refractivity contribution in [2.75, 3.05) is 13.1 Å². The highest BCUT2D eigenvalue weighted by molar-refractivity contribution is 5.78. The number of hydrogen-bond donors (Lipinski definition) is 3. The van der Waals surface area contributed by atoms with Crippen LogP contribution in [0.25, 0.3) is 0 Å². The lowest BCUT2D eigenvalue weighted by molar-refractivity contribution is 0.185. The van der Waals surface area contributed by atoms with Crippen molar-refractivity contribution in [2.24, 2.45) is 5.73 Å². The molecule has 0 aromatic carbocycles. The van der Waals surface area contributed by atoms with Gasteiger partial charge in [-0.15, -0.1) is 0 Å². The van der Waals surface area contributed by atoms with Gasteiger partial charge in [0.25, 0.3) is 0 Å². The van der Waals surface area contributed by atoms with E-state index in [0.29, 0.717) is 19.5 Å². The third kappa shape index (κ3) is 4.69. The van der Waals surface area contributed by atoms with Crippen LogP contribution in [0.4, 0.5) is 4.79 Å². The molecule has 0 fully saturated rings. The summed E-state index contributed by atoms with van der Waals surface area (Å²) in [6.45, 7) is 6.87. The van der Waals surface area contributed by atoms with E-state index in [0.717, 1.165) is 0 Å². The Labute approximate surface area is 85.2 Å². The largest absolute Gasteiger partial charge is 0.388 e. The number of nitrogens with two attached hydrogens (primary N) is 1. The minimum atomic E-state index is -0.0937. The standard InChI is InChI=1S/C9H20N4O/c1-4-12-9(14)13(7(2)3)6-5-8(10)11/h7H,4-6H2,1-3H3,(H3,10,11)(H,12,14). The van der Waals surface area contributed by atoms with Crippen LogP contribution in [-0.4, -0.2) is 35.9 Å². The van der Waals surface area contributed by atoms with Gasteiger partial charge in [0.2, 0.25) is 0 Å². The maximum atomic E-state index is 11.5. The van der Waals surface area contributed by atoms with Gasteiger partial charge in [-0.1, -0.05) is 0 Å². The van der Waals surface area contributed by atoms with Crippen molar-refractivity contribution in [3.8, 4) is 0 Å². The van der Waals surface area contributed by atoms with Gasteiger partial charge in [-0.05, 0) is 20.8 Å². The van der Waals surface area contributed by atoms with Gasteiger partial charge in [0.15, 0.2) is 0 Å². The quantitative estimate of drug-likeness (QED) is 0.452. The van der Waals surface area contributed by atoms with Gasteiger partial charge in [-0.25, -0.2) is 4.79 Å². The average Bonchev–Trinajstić information content (AvgIpc) is 2.03. The molecule has 0 aliphatic heterocycles. The highest BCUT2D eigenvalue weighted by Gasteiger charge is 2.15. The average molecular weight is 200 g/mol. The minimum absolute atomic E-state index is 0.0937. The summed E-state index contributed by atoms with van der Waals surface area (Å²) in [5.41, 5.74) is 5.24. The summed E-state index contributed by atoms with van der Waals surface area (Å²) in [7, 11) is 0. The van der Waals surface area contributed by atoms with Crippen LogP contribution in [0.2, 0.25) is 0 Å². The van der Waals surface area contributed by atoms with Gasteiger partial charge in [0, 0.05) is 25.6 Å². The van der Waals surface area contributed by atoms with Crippen LogP contribution in [0, 0.1) is 5.41 Å². The Kier molecular flexibility index (Phi) is 5.67. The van der Waals surface area contributed by atoms with Gasteiger partial charge < -0.3 is 16.0 Å². The number of urea groups is 1. The molecule has 4 N–H and O–H groups in total. The molecule has 0 aliphatic rings. The molecule has 0 bridgehead atoms. The van der Waals surface area contributed by atoms with Crippen molar-refractivity contribution in [1.82, 2.24) is 10.2 Å². The van der Waals surface area contributed by atoms with Crippen molar-refractivity contribution in [3.05, 3.63) is 0 Å². The van der Waals surface area contributed by atoms with Crippen LogP contribution >= 0.6 is 0 Å². The van der Waals surface area contributed by atoms with Gasteiger partial charge >= 0.3 is 6.03 Å². The number of nitrogens with one attached hydrogen (secondary N) is 2. The molecule has 0 aliphatic carbocycles. The van der Waals surface area contributed by atoms with Crippen LogP contribution in [0.5, 0.6) is 0 Å². The molecule has 0 aromatic rings. The maximum Gasteiger partial charge on any atom is 0.317 e. The zero-order valence-corrected chi connectivity index (χ0v) is 9.13. The Morgan fingerprint density at radius 1 is 1.57 bits per heavy atom. The summed E-state index contributed by atoms with van der Waals surface area (Å²) >= 11 is 0. The summed E-state index contributed by atoms with van der Waals surface area (Å²) in [5.74, 6) is 0.111. The third-order valence-electron chi connectivity index (χ3n) is 1.83. The number of carbonyl (C=O) groups is 1. The molecule has 0 aromatic heterocycles. The fraction of sp³-hybridized carbons (Fsp3) is 0.778. The minimum Gasteiger partial charge on any atom is -0.388 e. The molecule has 0 saturated carbocycles. The van der Waals surface area contributed by atoms with E-state index in [1.165, 1.54) is 0 Å². The van der Waals surface area contributed by atoms with Gasteiger partial charge in [0.1, 0.15) is 0 Å². The number of rotatable bonds is 5. The van der Waals surface area contributed by atoms with Gasteiger partial charge in [0.05, 0.1) is 5.84 Å². The highest BCUT2D eigenvalue weighted by atomic mass is 16.2. The lowest BCUT2D eigenvalue weighted by Gasteiger charge is -2.26. The topological polar surface area (TPSA) is 82.2 Å². The predicted molar refractivity (Wildman–Crippen MR) is 57.4 cm³/mol. The van der Waals surface area contributed by atoms with E-state index < -0.39 is 0 Å². The Balaban J connectivity index is 4.14. The normalized spacial score (nSPS) is 10.0. The molecular formula is C9H20N4O. The highest BCUT2D eigenvalue weighted by Crippen LogP contribution is 2.00. The van der Waals surface area contributed by atoms with Crippen molar-refractivity contribution in [1.29, 1.82) is 5.41 Å². The van der Waals surface area contributed by atoms with Crippen LogP contribution in [0.1, 0.15) is 27.2 Å². The first kappa shape index (κ1) is 12.7. The zero-order valence-electron chi connectivity index (χ0n) is 9.13. The first-order chi connectivity index (χ1) is 6.49. The zero-order chi connectivity index (χ0) is 11.1. The molecule has 5 nitrogen and oxygen atoms in total. The lowest BCUT2D eigenvalue weighted by atomic mass is 10.3. The summed E-state index contributed by atoms with van der Waals surface area (Å²) in [6, 6.07) is 0.0321. The Hall–Kier alpha value is -1.26. The second kappa shape index (κ2) is 6.23. The predicted octanol–water partition coefficient (Wildman–Crippen LogP) is 0.752. The fourth-order valence-electron chi connectivity index (χ4n) is 1.09. The molecule has 0 spiro atoms. The Bertz CT molecular complexity index is 203. The van der Waals surface area contributed by atoms with E-state index in [1.54, 1.807) is 4.90 Å². The van der Waals surface area contributed by atoms with E-state index >= 15 is 0 Å². The molecule has 0 saturated heterocycles. The Morgan fingerprint density at radius 3 is 2.50 bits per heavy atom. The second-order valence-corrected chi connectivity index (χ2v) is 3.40. The summed E-state index contributed by atoms with van der Waals surface area (Å²) in [5, 5.41) is 9.82. The molecule has 82 valence electrons. The van der Waals surface area contributed by atoms with Crippen LogP contribution in [0.15, 0.2) is 0 Å². The SMILES string of the molecule is CCNC(=O)N(CCC(=N)N)C(C)C. The van der Waals surface area contributed by atoms with Crippen molar-refractivity contribution in [2.45, 2.75) is 33.2 Å². The number of hydrogen-bond acceptors (Lipinski definition) is 2. The smallest absolute Gasteiger partial charge is 0.317 e. The van der Waals surface area contributed by atoms with Crippen LogP contribution in [0.3, 0.4) is 0 Å². The lowest BCUT2D eigenvalue weighted by Crippen LogP contribution is -2.45. The monoisotopic (exact) mass is 200 g/mol. The third-order valence-corrected chi connectivity index (χ3v) is 1.83. The van der Waals surface area contributed by atoms with Gasteiger partial charge in [-0.2, -0.15) is 0 Å². The summed E-state index contributed by atoms with van der Waals surface area (Å²) < 4.78 is 0. The number of nitrogens with zero attached hydrogens (tertiary/aromatic N) is 1. The molecule has 0 heterocycles. The first-order valence-corrected chi connectivity index (χ1v) is 4.86. The number of amides is 2. The van der Waals surface area contributed by atoms with Crippen molar-refractivity contribution < 1.29 is 4.79 Å². The number of amidine groups is 1. The molecule has 0 unspecified atom stereocenters. The molecule has 14 heavy (non-hydrogen) atoms. The molecule has 5 heteroatoms. The summed E-state index contributed by atoms with van der Waals surface area (Å²) in [4.78, 5) is 13.2. The summed E-state index contributed by atoms with van der Waals surface area (Å²) in [6.07, 6.45) is 0.426. The fourth-order valence-corrected chi connectivity index (χ4v) is 1.09. The Morgan fingerprint density at radius 2 is 2.14 bits per heavy atom. The first-order valence-electron chi connectivity index (χ1n) is 4.86. The molecule has 0 radical (unpaired) electrons. The van der Waals surface area contributed by atoms with E-state index in [1.807, 2.05) is 20.8 Å². The molecule has 2 amide bonds. The van der Waals surface area contributed by atoms with E-state index in [-0.39, 0.29) is 17.9 Å². The van der Waals surface area contributed by atoms with Gasteiger partial charge in [-0.3, -0.25) is 5.41 Å². The van der Waals surface area contributed by atoms with Crippen molar-refractivity contribution in [3.63, 3.8) is 0 Å². The van der Waals surface area contributed by atoms with Crippen LogP contribution in [-0.2, 0) is 0 Å². The van der Waals surface area contributed by atoms with E-state index in [9.17, 15) is 4.79 Å². The number of carbonyl (C=O) groups excluding carboxylic acids is 1. The van der Waals surface area contributed by atoms with Crippen LogP contribution < -0.4 is 11.1 Å². The molecule has 0 atom stereocenters. The van der Waals surface area contributed by atoms with E-state index in [2.05, 4.69) is 5.32 Å². The molecule has 0 rings (SSSR count). The second-order valence-electron chi connectivity index (χ2n) is 3.40.